The zero-order valence-electron chi connectivity index (χ0n) is 14.3. The number of rotatable bonds is 5. The summed E-state index contributed by atoms with van der Waals surface area (Å²) in [6.45, 7) is 2.78. The van der Waals surface area contributed by atoms with Gasteiger partial charge in [-0.05, 0) is 43.5 Å². The normalized spacial score (nSPS) is 16.0. The van der Waals surface area contributed by atoms with Gasteiger partial charge in [0.05, 0.1) is 10.6 Å². The van der Waals surface area contributed by atoms with E-state index in [9.17, 15) is 17.2 Å². The second-order valence-electron chi connectivity index (χ2n) is 6.15. The molecule has 2 heterocycles. The van der Waals surface area contributed by atoms with Gasteiger partial charge in [0, 0.05) is 19.1 Å². The molecule has 0 atom stereocenters. The Hall–Kier alpha value is -2.13. The molecule has 2 aromatic rings. The van der Waals surface area contributed by atoms with E-state index >= 15 is 0 Å². The lowest BCUT2D eigenvalue weighted by Gasteiger charge is -2.33. The average molecular weight is 382 g/mol. The maximum Gasteiger partial charge on any atom is 0.240 e. The Morgan fingerprint density at radius 1 is 1.15 bits per heavy atom. The van der Waals surface area contributed by atoms with E-state index in [0.717, 1.165) is 12.1 Å². The predicted molar refractivity (Wildman–Crippen MR) is 93.3 cm³/mol. The van der Waals surface area contributed by atoms with Crippen LogP contribution in [0.3, 0.4) is 0 Å². The van der Waals surface area contributed by atoms with Gasteiger partial charge in [-0.15, -0.1) is 0 Å². The standard InChI is InChI=1S/C17H20F2N4O2S/c1-2-15-16(19)17(21-11-20-15)23-9-7-13(8-10-23)22-26(24,25)14-5-3-12(18)4-6-14/h3-6,11,13,22H,2,7-10H2,1H3. The van der Waals surface area contributed by atoms with Gasteiger partial charge in [-0.3, -0.25) is 0 Å². The second-order valence-corrected chi connectivity index (χ2v) is 7.86. The van der Waals surface area contributed by atoms with Crippen LogP contribution < -0.4 is 9.62 Å². The number of benzene rings is 1. The highest BCUT2D eigenvalue weighted by molar-refractivity contribution is 7.89. The minimum atomic E-state index is -3.71. The Bertz CT molecular complexity index is 867. The van der Waals surface area contributed by atoms with Crippen LogP contribution in [-0.2, 0) is 16.4 Å². The largest absolute Gasteiger partial charge is 0.354 e. The summed E-state index contributed by atoms with van der Waals surface area (Å²) < 4.78 is 54.7. The fraction of sp³-hybridized carbons (Fsp3) is 0.412. The summed E-state index contributed by atoms with van der Waals surface area (Å²) in [6.07, 6.45) is 2.87. The summed E-state index contributed by atoms with van der Waals surface area (Å²) in [5.74, 6) is -0.646. The van der Waals surface area contributed by atoms with Gasteiger partial charge in [0.15, 0.2) is 11.6 Å². The highest BCUT2D eigenvalue weighted by Crippen LogP contribution is 2.23. The third-order valence-corrected chi connectivity index (χ3v) is 5.95. The van der Waals surface area contributed by atoms with Crippen LogP contribution in [0.25, 0.3) is 0 Å². The summed E-state index contributed by atoms with van der Waals surface area (Å²) in [5.41, 5.74) is 0.370. The van der Waals surface area contributed by atoms with Crippen molar-refractivity contribution >= 4 is 15.8 Å². The molecular formula is C17H20F2N4O2S. The first-order valence-corrected chi connectivity index (χ1v) is 9.91. The van der Waals surface area contributed by atoms with Gasteiger partial charge in [0.25, 0.3) is 0 Å². The first-order valence-electron chi connectivity index (χ1n) is 8.43. The minimum Gasteiger partial charge on any atom is -0.354 e. The molecule has 3 rings (SSSR count). The molecule has 9 heteroatoms. The van der Waals surface area contributed by atoms with Crippen molar-refractivity contribution in [3.63, 3.8) is 0 Å². The van der Waals surface area contributed by atoms with Crippen molar-refractivity contribution in [1.29, 1.82) is 0 Å². The highest BCUT2D eigenvalue weighted by atomic mass is 32.2. The number of halogens is 2. The van der Waals surface area contributed by atoms with Crippen molar-refractivity contribution < 1.29 is 17.2 Å². The fourth-order valence-electron chi connectivity index (χ4n) is 2.97. The van der Waals surface area contributed by atoms with Crippen LogP contribution in [0.2, 0.25) is 0 Å². The van der Waals surface area contributed by atoms with Crippen molar-refractivity contribution in [2.24, 2.45) is 0 Å². The maximum atomic E-state index is 14.4. The average Bonchev–Trinajstić information content (AvgIpc) is 2.63. The van der Waals surface area contributed by atoms with Crippen LogP contribution in [0.4, 0.5) is 14.6 Å². The number of hydrogen-bond donors (Lipinski definition) is 1. The topological polar surface area (TPSA) is 75.2 Å². The van der Waals surface area contributed by atoms with Crippen LogP contribution in [0, 0.1) is 11.6 Å². The van der Waals surface area contributed by atoms with Crippen LogP contribution in [0.15, 0.2) is 35.5 Å². The minimum absolute atomic E-state index is 0.0239. The fourth-order valence-corrected chi connectivity index (χ4v) is 4.28. The van der Waals surface area contributed by atoms with Crippen molar-refractivity contribution in [3.8, 4) is 0 Å². The van der Waals surface area contributed by atoms with Crippen molar-refractivity contribution in [2.75, 3.05) is 18.0 Å². The number of hydrogen-bond acceptors (Lipinski definition) is 5. The molecule has 26 heavy (non-hydrogen) atoms. The molecule has 6 nitrogen and oxygen atoms in total. The molecule has 0 amide bonds. The van der Waals surface area contributed by atoms with Gasteiger partial charge in [-0.25, -0.2) is 31.9 Å². The Labute approximate surface area is 151 Å². The number of aryl methyl sites for hydroxylation is 1. The van der Waals surface area contributed by atoms with E-state index in [2.05, 4.69) is 14.7 Å². The molecular weight excluding hydrogens is 362 g/mol. The SMILES string of the molecule is CCc1ncnc(N2CCC(NS(=O)(=O)c3ccc(F)cc3)CC2)c1F. The molecule has 0 radical (unpaired) electrons. The van der Waals surface area contributed by atoms with E-state index in [1.807, 2.05) is 6.92 Å². The summed E-state index contributed by atoms with van der Waals surface area (Å²) in [6, 6.07) is 4.42. The van der Waals surface area contributed by atoms with Gasteiger partial charge in [-0.2, -0.15) is 0 Å². The molecule has 0 bridgehead atoms. The van der Waals surface area contributed by atoms with Crippen molar-refractivity contribution in [1.82, 2.24) is 14.7 Å². The molecule has 0 aliphatic carbocycles. The molecule has 1 saturated heterocycles. The number of piperidine rings is 1. The van der Waals surface area contributed by atoms with Crippen LogP contribution in [0.1, 0.15) is 25.5 Å². The van der Waals surface area contributed by atoms with Gasteiger partial charge in [0.1, 0.15) is 12.1 Å². The molecule has 140 valence electrons. The molecule has 1 aromatic heterocycles. The van der Waals surface area contributed by atoms with Crippen LogP contribution in [0.5, 0.6) is 0 Å². The highest BCUT2D eigenvalue weighted by Gasteiger charge is 2.27. The van der Waals surface area contributed by atoms with Crippen LogP contribution >= 0.6 is 0 Å². The third kappa shape index (κ3) is 3.99. The quantitative estimate of drug-likeness (QED) is 0.859. The maximum absolute atomic E-state index is 14.4. The van der Waals surface area contributed by atoms with E-state index in [-0.39, 0.29) is 16.8 Å². The van der Waals surface area contributed by atoms with Gasteiger partial charge >= 0.3 is 0 Å². The van der Waals surface area contributed by atoms with Crippen molar-refractivity contribution in [2.45, 2.75) is 37.1 Å². The molecule has 1 aromatic carbocycles. The number of aromatic nitrogens is 2. The Morgan fingerprint density at radius 2 is 1.81 bits per heavy atom. The lowest BCUT2D eigenvalue weighted by Crippen LogP contribution is -2.45. The molecule has 1 aliphatic heterocycles. The van der Waals surface area contributed by atoms with Gasteiger partial charge in [0.2, 0.25) is 10.0 Å². The number of nitrogens with zero attached hydrogens (tertiary/aromatic N) is 3. The Morgan fingerprint density at radius 3 is 2.42 bits per heavy atom. The first kappa shape index (κ1) is 18.7. The van der Waals surface area contributed by atoms with Crippen LogP contribution in [-0.4, -0.2) is 37.5 Å². The Kier molecular flexibility index (Phi) is 5.47. The molecule has 0 saturated carbocycles. The third-order valence-electron chi connectivity index (χ3n) is 4.42. The Balaban J connectivity index is 1.65. The summed E-state index contributed by atoms with van der Waals surface area (Å²) in [4.78, 5) is 9.78. The second kappa shape index (κ2) is 7.63. The molecule has 0 spiro atoms. The summed E-state index contributed by atoms with van der Waals surface area (Å²) >= 11 is 0. The predicted octanol–water partition coefficient (Wildman–Crippen LogP) is 2.26. The van der Waals surface area contributed by atoms with Gasteiger partial charge < -0.3 is 4.90 Å². The summed E-state index contributed by atoms with van der Waals surface area (Å²) in [5, 5.41) is 0. The number of sulfonamides is 1. The molecule has 0 unspecified atom stereocenters. The smallest absolute Gasteiger partial charge is 0.240 e. The van der Waals surface area contributed by atoms with E-state index in [1.165, 1.54) is 18.5 Å². The lowest BCUT2D eigenvalue weighted by atomic mass is 10.1. The number of nitrogens with one attached hydrogen (secondary N) is 1. The van der Waals surface area contributed by atoms with E-state index in [1.54, 1.807) is 4.90 Å². The molecule has 1 fully saturated rings. The molecule has 1 aliphatic rings. The molecule has 1 N–H and O–H groups in total. The zero-order chi connectivity index (χ0) is 18.7. The number of anilines is 1. The monoisotopic (exact) mass is 382 g/mol. The van der Waals surface area contributed by atoms with Gasteiger partial charge in [-0.1, -0.05) is 6.92 Å². The lowest BCUT2D eigenvalue weighted by molar-refractivity contribution is 0.452. The first-order chi connectivity index (χ1) is 12.4. The summed E-state index contributed by atoms with van der Waals surface area (Å²) in [7, 11) is -3.71. The van der Waals surface area contributed by atoms with E-state index in [4.69, 9.17) is 0 Å². The van der Waals surface area contributed by atoms with E-state index < -0.39 is 21.7 Å². The van der Waals surface area contributed by atoms with E-state index in [0.29, 0.717) is 38.0 Å². The zero-order valence-corrected chi connectivity index (χ0v) is 15.1. The van der Waals surface area contributed by atoms with Crippen molar-refractivity contribution in [3.05, 3.63) is 47.9 Å².